The molecule has 2 nitrogen and oxygen atoms in total. The number of methoxy groups -OCH3 is 1. The van der Waals surface area contributed by atoms with Crippen molar-refractivity contribution in [2.24, 2.45) is 0 Å². The van der Waals surface area contributed by atoms with E-state index in [-0.39, 0.29) is 0 Å². The van der Waals surface area contributed by atoms with Crippen LogP contribution in [0.4, 0.5) is 0 Å². The maximum Gasteiger partial charge on any atom is 0.119 e. The Kier molecular flexibility index (Phi) is 6.55. The van der Waals surface area contributed by atoms with Gasteiger partial charge in [-0.15, -0.1) is 0 Å². The van der Waals surface area contributed by atoms with Crippen LogP contribution in [0.15, 0.2) is 36.4 Å². The van der Waals surface area contributed by atoms with Crippen LogP contribution in [0.25, 0.3) is 10.8 Å². The normalized spacial score (nSPS) is 11.0. The smallest absolute Gasteiger partial charge is 0.119 e. The quantitative estimate of drug-likeness (QED) is 0.682. The molecule has 0 heterocycles. The van der Waals surface area contributed by atoms with Gasteiger partial charge < -0.3 is 10.1 Å². The Bertz CT molecular complexity index is 550. The van der Waals surface area contributed by atoms with Crippen molar-refractivity contribution in [1.82, 2.24) is 5.32 Å². The first-order valence-electron chi connectivity index (χ1n) is 8.11. The molecule has 2 rings (SSSR count). The number of hydrogen-bond acceptors (Lipinski definition) is 2. The zero-order valence-corrected chi connectivity index (χ0v) is 13.3. The number of fused-ring (bicyclic) bond motifs is 1. The summed E-state index contributed by atoms with van der Waals surface area (Å²) in [7, 11) is 1.71. The third-order valence-electron chi connectivity index (χ3n) is 3.93. The van der Waals surface area contributed by atoms with Crippen LogP contribution in [0, 0.1) is 0 Å². The first-order chi connectivity index (χ1) is 10.3. The molecule has 0 aliphatic carbocycles. The minimum atomic E-state index is 0.927. The minimum absolute atomic E-state index is 0.927. The number of hydrogen-bond donors (Lipinski definition) is 1. The van der Waals surface area contributed by atoms with Gasteiger partial charge in [0.05, 0.1) is 7.11 Å². The van der Waals surface area contributed by atoms with Crippen LogP contribution in [0.1, 0.15) is 38.2 Å². The molecule has 2 aromatic carbocycles. The number of benzene rings is 2. The van der Waals surface area contributed by atoms with Crippen LogP contribution < -0.4 is 10.1 Å². The molecule has 0 unspecified atom stereocenters. The van der Waals surface area contributed by atoms with Gasteiger partial charge in [-0.05, 0) is 60.8 Å². The molecule has 0 amide bonds. The van der Waals surface area contributed by atoms with Crippen LogP contribution in [0.3, 0.4) is 0 Å². The molecule has 0 saturated heterocycles. The molecule has 0 aliphatic rings. The molecule has 0 atom stereocenters. The number of rotatable bonds is 9. The molecule has 2 heteroatoms. The molecule has 0 aliphatic heterocycles. The van der Waals surface area contributed by atoms with Gasteiger partial charge in [-0.2, -0.15) is 0 Å². The van der Waals surface area contributed by atoms with Crippen LogP contribution in [-0.4, -0.2) is 20.2 Å². The van der Waals surface area contributed by atoms with Crippen molar-refractivity contribution in [3.63, 3.8) is 0 Å². The van der Waals surface area contributed by atoms with Crippen molar-refractivity contribution in [3.8, 4) is 5.75 Å². The zero-order valence-electron chi connectivity index (χ0n) is 13.3. The van der Waals surface area contributed by atoms with E-state index < -0.39 is 0 Å². The van der Waals surface area contributed by atoms with Gasteiger partial charge in [-0.1, -0.05) is 44.0 Å². The molecule has 1 N–H and O–H groups in total. The van der Waals surface area contributed by atoms with E-state index in [4.69, 9.17) is 4.74 Å². The van der Waals surface area contributed by atoms with E-state index in [9.17, 15) is 0 Å². The maximum absolute atomic E-state index is 5.27. The van der Waals surface area contributed by atoms with E-state index >= 15 is 0 Å². The summed E-state index contributed by atoms with van der Waals surface area (Å²) < 4.78 is 5.27. The number of unbranched alkanes of at least 4 members (excludes halogenated alkanes) is 3. The Morgan fingerprint density at radius 3 is 2.48 bits per heavy atom. The van der Waals surface area contributed by atoms with E-state index in [1.165, 1.54) is 48.4 Å². The summed E-state index contributed by atoms with van der Waals surface area (Å²) in [4.78, 5) is 0. The molecule has 21 heavy (non-hydrogen) atoms. The lowest BCUT2D eigenvalue weighted by Gasteiger charge is -2.06. The Labute approximate surface area is 128 Å². The molecular weight excluding hydrogens is 258 g/mol. The minimum Gasteiger partial charge on any atom is -0.497 e. The maximum atomic E-state index is 5.27. The SMILES string of the molecule is CCNCCCCCCc1ccc2cc(OC)ccc2c1. The molecule has 0 saturated carbocycles. The van der Waals surface area contributed by atoms with E-state index in [0.717, 1.165) is 18.8 Å². The number of nitrogens with one attached hydrogen (secondary N) is 1. The van der Waals surface area contributed by atoms with Gasteiger partial charge in [-0.25, -0.2) is 0 Å². The Balaban J connectivity index is 1.80. The average molecular weight is 285 g/mol. The highest BCUT2D eigenvalue weighted by Gasteiger charge is 1.99. The predicted octanol–water partition coefficient (Wildman–Crippen LogP) is 4.56. The highest BCUT2D eigenvalue weighted by molar-refractivity contribution is 5.84. The van der Waals surface area contributed by atoms with Gasteiger partial charge in [0.2, 0.25) is 0 Å². The second kappa shape index (κ2) is 8.68. The van der Waals surface area contributed by atoms with E-state index in [2.05, 4.69) is 42.6 Å². The molecule has 0 bridgehead atoms. The van der Waals surface area contributed by atoms with Crippen molar-refractivity contribution in [2.45, 2.75) is 39.0 Å². The molecule has 114 valence electrons. The summed E-state index contributed by atoms with van der Waals surface area (Å²) in [5.74, 6) is 0.927. The van der Waals surface area contributed by atoms with E-state index in [1.54, 1.807) is 7.11 Å². The lowest BCUT2D eigenvalue weighted by atomic mass is 10.0. The van der Waals surface area contributed by atoms with Crippen molar-refractivity contribution in [1.29, 1.82) is 0 Å². The highest BCUT2D eigenvalue weighted by Crippen LogP contribution is 2.22. The van der Waals surface area contributed by atoms with Crippen LogP contribution in [0.5, 0.6) is 5.75 Å². The van der Waals surface area contributed by atoms with Gasteiger partial charge in [0.15, 0.2) is 0 Å². The summed E-state index contributed by atoms with van der Waals surface area (Å²) in [5.41, 5.74) is 1.44. The third-order valence-corrected chi connectivity index (χ3v) is 3.93. The first kappa shape index (κ1) is 15.8. The van der Waals surface area contributed by atoms with Gasteiger partial charge >= 0.3 is 0 Å². The van der Waals surface area contributed by atoms with Gasteiger partial charge in [0.1, 0.15) is 5.75 Å². The van der Waals surface area contributed by atoms with Crippen molar-refractivity contribution in [2.75, 3.05) is 20.2 Å². The van der Waals surface area contributed by atoms with Gasteiger partial charge in [0.25, 0.3) is 0 Å². The van der Waals surface area contributed by atoms with Crippen molar-refractivity contribution >= 4 is 10.8 Å². The average Bonchev–Trinajstić information content (AvgIpc) is 2.53. The van der Waals surface area contributed by atoms with Gasteiger partial charge in [0, 0.05) is 0 Å². The van der Waals surface area contributed by atoms with E-state index in [1.807, 2.05) is 6.07 Å². The fraction of sp³-hybridized carbons (Fsp3) is 0.474. The molecule has 0 spiro atoms. The summed E-state index contributed by atoms with van der Waals surface area (Å²) in [5, 5.41) is 5.94. The largest absolute Gasteiger partial charge is 0.497 e. The zero-order chi connectivity index (χ0) is 14.9. The third kappa shape index (κ3) is 5.05. The second-order valence-electron chi connectivity index (χ2n) is 5.57. The molecule has 2 aromatic rings. The highest BCUT2D eigenvalue weighted by atomic mass is 16.5. The fourth-order valence-corrected chi connectivity index (χ4v) is 2.67. The summed E-state index contributed by atoms with van der Waals surface area (Å²) >= 11 is 0. The second-order valence-corrected chi connectivity index (χ2v) is 5.57. The molecule has 0 radical (unpaired) electrons. The monoisotopic (exact) mass is 285 g/mol. The van der Waals surface area contributed by atoms with Crippen molar-refractivity contribution in [3.05, 3.63) is 42.0 Å². The Morgan fingerprint density at radius 1 is 0.905 bits per heavy atom. The molecule has 0 aromatic heterocycles. The van der Waals surface area contributed by atoms with E-state index in [0.29, 0.717) is 0 Å². The lowest BCUT2D eigenvalue weighted by molar-refractivity contribution is 0.415. The topological polar surface area (TPSA) is 21.3 Å². The number of aryl methyl sites for hydroxylation is 1. The van der Waals surface area contributed by atoms with Crippen LogP contribution in [0.2, 0.25) is 0 Å². The Hall–Kier alpha value is -1.54. The first-order valence-corrected chi connectivity index (χ1v) is 8.11. The summed E-state index contributed by atoms with van der Waals surface area (Å²) in [6, 6.07) is 13.0. The van der Waals surface area contributed by atoms with Crippen LogP contribution in [-0.2, 0) is 6.42 Å². The molecule has 0 fully saturated rings. The molecular formula is C19H27NO. The summed E-state index contributed by atoms with van der Waals surface area (Å²) in [6.45, 7) is 4.41. The van der Waals surface area contributed by atoms with Crippen molar-refractivity contribution < 1.29 is 4.74 Å². The van der Waals surface area contributed by atoms with Gasteiger partial charge in [-0.3, -0.25) is 0 Å². The standard InChI is InChI=1S/C19H27NO/c1-3-20-13-7-5-4-6-8-16-9-10-18-15-19(21-2)12-11-17(18)14-16/h9-12,14-15,20H,3-8,13H2,1-2H3. The lowest BCUT2D eigenvalue weighted by Crippen LogP contribution is -2.13. The van der Waals surface area contributed by atoms with Crippen LogP contribution >= 0.6 is 0 Å². The summed E-state index contributed by atoms with van der Waals surface area (Å²) in [6.07, 6.45) is 6.42. The number of ether oxygens (including phenoxy) is 1. The fourth-order valence-electron chi connectivity index (χ4n) is 2.67. The Morgan fingerprint density at radius 2 is 1.67 bits per heavy atom. The predicted molar refractivity (Wildman–Crippen MR) is 91.2 cm³/mol.